The van der Waals surface area contributed by atoms with Crippen molar-refractivity contribution >= 4 is 5.97 Å². The van der Waals surface area contributed by atoms with Crippen molar-refractivity contribution in [3.8, 4) is 11.5 Å². The molecule has 0 spiro atoms. The van der Waals surface area contributed by atoms with Gasteiger partial charge in [-0.1, -0.05) is 12.1 Å². The lowest BCUT2D eigenvalue weighted by atomic mass is 9.71. The van der Waals surface area contributed by atoms with Gasteiger partial charge in [0.1, 0.15) is 0 Å². The molecule has 2 atom stereocenters. The maximum absolute atomic E-state index is 11.9. The highest BCUT2D eigenvalue weighted by Crippen LogP contribution is 2.45. The van der Waals surface area contributed by atoms with Gasteiger partial charge in [-0.05, 0) is 36.6 Å². The minimum atomic E-state index is -1.32. The topological polar surface area (TPSA) is 87.9 Å². The van der Waals surface area contributed by atoms with E-state index in [0.717, 1.165) is 12.0 Å². The Morgan fingerprint density at radius 3 is 2.96 bits per heavy atom. The molecular formula is C17H19NO6. The van der Waals surface area contributed by atoms with Crippen LogP contribution in [0, 0.1) is 10.1 Å². The average molecular weight is 333 g/mol. The third-order valence-electron chi connectivity index (χ3n) is 4.73. The molecule has 0 fully saturated rings. The van der Waals surface area contributed by atoms with Crippen LogP contribution >= 0.6 is 0 Å². The van der Waals surface area contributed by atoms with Gasteiger partial charge < -0.3 is 14.2 Å². The van der Waals surface area contributed by atoms with Crippen LogP contribution in [0.25, 0.3) is 0 Å². The molecule has 0 N–H and O–H groups in total. The lowest BCUT2D eigenvalue weighted by Crippen LogP contribution is -2.44. The zero-order chi connectivity index (χ0) is 17.2. The first-order valence-electron chi connectivity index (χ1n) is 7.85. The highest BCUT2D eigenvalue weighted by atomic mass is 16.7. The van der Waals surface area contributed by atoms with Crippen molar-refractivity contribution in [2.45, 2.75) is 37.1 Å². The number of hydrogen-bond acceptors (Lipinski definition) is 6. The molecule has 24 heavy (non-hydrogen) atoms. The highest BCUT2D eigenvalue weighted by Gasteiger charge is 2.50. The summed E-state index contributed by atoms with van der Waals surface area (Å²) in [6.07, 6.45) is 4.95. The average Bonchev–Trinajstić information content (AvgIpc) is 3.07. The van der Waals surface area contributed by atoms with Gasteiger partial charge in [0.15, 0.2) is 11.5 Å². The molecular weight excluding hydrogens is 314 g/mol. The van der Waals surface area contributed by atoms with Crippen LogP contribution in [0.4, 0.5) is 0 Å². The monoisotopic (exact) mass is 333 g/mol. The summed E-state index contributed by atoms with van der Waals surface area (Å²) in [5, 5.41) is 11.9. The van der Waals surface area contributed by atoms with E-state index in [0.29, 0.717) is 17.9 Å². The van der Waals surface area contributed by atoms with Crippen LogP contribution in [0.3, 0.4) is 0 Å². The van der Waals surface area contributed by atoms with Gasteiger partial charge >= 0.3 is 5.97 Å². The second kappa shape index (κ2) is 6.51. The summed E-state index contributed by atoms with van der Waals surface area (Å²) in [6.45, 7) is 0.159. The summed E-state index contributed by atoms with van der Waals surface area (Å²) in [5.74, 6) is 0.468. The summed E-state index contributed by atoms with van der Waals surface area (Å²) in [5.41, 5.74) is -0.495. The Labute approximate surface area is 139 Å². The molecule has 2 aliphatic rings. The fraction of sp³-hybridized carbons (Fsp3) is 0.471. The largest absolute Gasteiger partial charge is 0.469 e. The Balaban J connectivity index is 1.95. The molecule has 1 heterocycles. The standard InChI is InChI=1S/C17H19NO6/c1-22-16(19)7-9-17(18(20)21)8-3-2-4-13(17)12-5-6-14-15(10-12)24-11-23-14/h3,5-6,8,10,13H,2,4,7,9,11H2,1H3/t13-,17+/m1/s1. The van der Waals surface area contributed by atoms with Crippen molar-refractivity contribution in [1.82, 2.24) is 0 Å². The molecule has 1 aliphatic heterocycles. The number of carbonyl (C=O) groups is 1. The Bertz CT molecular complexity index is 686. The van der Waals surface area contributed by atoms with E-state index in [1.54, 1.807) is 12.1 Å². The zero-order valence-electron chi connectivity index (χ0n) is 13.4. The maximum Gasteiger partial charge on any atom is 0.305 e. The summed E-state index contributed by atoms with van der Waals surface area (Å²) in [7, 11) is 1.28. The summed E-state index contributed by atoms with van der Waals surface area (Å²) < 4.78 is 15.3. The number of fused-ring (bicyclic) bond motifs is 1. The van der Waals surface area contributed by atoms with E-state index in [1.165, 1.54) is 7.11 Å². The van der Waals surface area contributed by atoms with Gasteiger partial charge in [0, 0.05) is 11.3 Å². The third kappa shape index (κ3) is 2.81. The molecule has 0 bridgehead atoms. The molecule has 1 aromatic rings. The van der Waals surface area contributed by atoms with Gasteiger partial charge in [0.2, 0.25) is 12.3 Å². The van der Waals surface area contributed by atoms with Crippen LogP contribution in [0.5, 0.6) is 11.5 Å². The normalized spacial score (nSPS) is 24.6. The predicted molar refractivity (Wildman–Crippen MR) is 84.7 cm³/mol. The van der Waals surface area contributed by atoms with Gasteiger partial charge in [0.05, 0.1) is 19.4 Å². The van der Waals surface area contributed by atoms with Crippen molar-refractivity contribution in [2.75, 3.05) is 13.9 Å². The molecule has 128 valence electrons. The van der Waals surface area contributed by atoms with E-state index in [-0.39, 0.29) is 30.5 Å². The van der Waals surface area contributed by atoms with Crippen LogP contribution in [0.2, 0.25) is 0 Å². The Hall–Kier alpha value is -2.57. The first kappa shape index (κ1) is 16.3. The lowest BCUT2D eigenvalue weighted by Gasteiger charge is -2.33. The fourth-order valence-electron chi connectivity index (χ4n) is 3.44. The number of rotatable bonds is 5. The number of ether oxygens (including phenoxy) is 3. The third-order valence-corrected chi connectivity index (χ3v) is 4.73. The summed E-state index contributed by atoms with van der Waals surface area (Å²) in [4.78, 5) is 23.2. The minimum Gasteiger partial charge on any atom is -0.469 e. The number of esters is 1. The van der Waals surface area contributed by atoms with E-state index in [4.69, 9.17) is 9.47 Å². The quantitative estimate of drug-likeness (QED) is 0.356. The van der Waals surface area contributed by atoms with Gasteiger partial charge in [-0.3, -0.25) is 14.9 Å². The van der Waals surface area contributed by atoms with Gasteiger partial charge in [-0.2, -0.15) is 0 Å². The smallest absolute Gasteiger partial charge is 0.305 e. The molecule has 1 aromatic carbocycles. The molecule has 7 heteroatoms. The number of nitro groups is 1. The molecule has 1 aliphatic carbocycles. The van der Waals surface area contributed by atoms with Crippen molar-refractivity contribution in [3.05, 3.63) is 46.0 Å². The van der Waals surface area contributed by atoms with Crippen molar-refractivity contribution < 1.29 is 23.9 Å². The predicted octanol–water partition coefficient (Wildman–Crippen LogP) is 2.82. The van der Waals surface area contributed by atoms with E-state index in [2.05, 4.69) is 4.74 Å². The number of benzene rings is 1. The van der Waals surface area contributed by atoms with Gasteiger partial charge in [0.25, 0.3) is 0 Å². The van der Waals surface area contributed by atoms with Crippen LogP contribution in [-0.2, 0) is 9.53 Å². The molecule has 0 aromatic heterocycles. The van der Waals surface area contributed by atoms with Crippen molar-refractivity contribution in [1.29, 1.82) is 0 Å². The second-order valence-electron chi connectivity index (χ2n) is 5.97. The zero-order valence-corrected chi connectivity index (χ0v) is 13.4. The number of hydrogen-bond donors (Lipinski definition) is 0. The number of nitrogens with zero attached hydrogens (tertiary/aromatic N) is 1. The van der Waals surface area contributed by atoms with Crippen LogP contribution < -0.4 is 9.47 Å². The van der Waals surface area contributed by atoms with Crippen LogP contribution in [-0.4, -0.2) is 30.3 Å². The Morgan fingerprint density at radius 2 is 2.21 bits per heavy atom. The van der Waals surface area contributed by atoms with E-state index >= 15 is 0 Å². The highest BCUT2D eigenvalue weighted by molar-refractivity contribution is 5.69. The molecule has 7 nitrogen and oxygen atoms in total. The summed E-state index contributed by atoms with van der Waals surface area (Å²) >= 11 is 0. The maximum atomic E-state index is 11.9. The number of allylic oxidation sites excluding steroid dienone is 1. The molecule has 0 saturated carbocycles. The summed E-state index contributed by atoms with van der Waals surface area (Å²) in [6, 6.07) is 5.43. The molecule has 0 unspecified atom stereocenters. The van der Waals surface area contributed by atoms with E-state index < -0.39 is 11.5 Å². The molecule has 3 rings (SSSR count). The molecule has 0 amide bonds. The minimum absolute atomic E-state index is 0.00285. The van der Waals surface area contributed by atoms with Crippen molar-refractivity contribution in [2.24, 2.45) is 0 Å². The molecule has 0 saturated heterocycles. The van der Waals surface area contributed by atoms with Crippen LogP contribution in [0.1, 0.15) is 37.2 Å². The lowest BCUT2D eigenvalue weighted by molar-refractivity contribution is -0.562. The number of carbonyl (C=O) groups excluding carboxylic acids is 1. The Morgan fingerprint density at radius 1 is 1.42 bits per heavy atom. The first-order valence-corrected chi connectivity index (χ1v) is 7.85. The van der Waals surface area contributed by atoms with Gasteiger partial charge in [-0.25, -0.2) is 0 Å². The second-order valence-corrected chi connectivity index (χ2v) is 5.97. The van der Waals surface area contributed by atoms with Crippen LogP contribution in [0.15, 0.2) is 30.4 Å². The van der Waals surface area contributed by atoms with E-state index in [9.17, 15) is 14.9 Å². The van der Waals surface area contributed by atoms with Crippen molar-refractivity contribution in [3.63, 3.8) is 0 Å². The fourth-order valence-corrected chi connectivity index (χ4v) is 3.44. The van der Waals surface area contributed by atoms with E-state index in [1.807, 2.05) is 18.2 Å². The van der Waals surface area contributed by atoms with Gasteiger partial charge in [-0.15, -0.1) is 0 Å². The molecule has 0 radical (unpaired) electrons. The number of methoxy groups -OCH3 is 1. The first-order chi connectivity index (χ1) is 11.6. The Kier molecular flexibility index (Phi) is 4.42. The SMILES string of the molecule is COC(=O)CC[C@@]1([N+](=O)[O-])C=CCC[C@@H]1c1ccc2c(c1)OCO2.